The van der Waals surface area contributed by atoms with Gasteiger partial charge >= 0.3 is 0 Å². The van der Waals surface area contributed by atoms with Gasteiger partial charge in [-0.15, -0.1) is 0 Å². The van der Waals surface area contributed by atoms with Crippen LogP contribution in [0.4, 0.5) is 5.82 Å². The van der Waals surface area contributed by atoms with E-state index in [1.54, 1.807) is 24.8 Å². The van der Waals surface area contributed by atoms with E-state index < -0.39 is 0 Å². The molecule has 2 N–H and O–H groups in total. The molecule has 0 saturated carbocycles. The lowest BCUT2D eigenvalue weighted by Gasteiger charge is -2.13. The number of aliphatic imine (C=N–C) groups is 1. The quantitative estimate of drug-likeness (QED) is 0.426. The molecule has 5 heterocycles. The van der Waals surface area contributed by atoms with Crippen LogP contribution in [0, 0.1) is 0 Å². The molecular weight excluding hydrogens is 392 g/mol. The monoisotopic (exact) mass is 410 g/mol. The van der Waals surface area contributed by atoms with Gasteiger partial charge in [0.05, 0.1) is 28.6 Å². The molecule has 0 unspecified atom stereocenters. The number of pyridine rings is 2. The SMILES string of the molecule is C=N/C(C)=C\N(C)c1nccc2[nH]c(-c3n[nH]c4ccc(-c5cnccn5)nc34)nc12. The van der Waals surface area contributed by atoms with Crippen LogP contribution < -0.4 is 4.90 Å². The molecule has 5 aromatic rings. The van der Waals surface area contributed by atoms with Gasteiger partial charge in [-0.2, -0.15) is 5.10 Å². The molecule has 0 aliphatic heterocycles. The van der Waals surface area contributed by atoms with Gasteiger partial charge in [0.2, 0.25) is 0 Å². The van der Waals surface area contributed by atoms with E-state index in [2.05, 4.69) is 41.8 Å². The molecule has 0 fully saturated rings. The maximum Gasteiger partial charge on any atom is 0.161 e. The first-order valence-electron chi connectivity index (χ1n) is 9.48. The summed E-state index contributed by atoms with van der Waals surface area (Å²) in [6, 6.07) is 5.67. The Kier molecular flexibility index (Phi) is 4.43. The number of aromatic amines is 2. The van der Waals surface area contributed by atoms with Crippen molar-refractivity contribution in [3.05, 3.63) is 54.9 Å². The summed E-state index contributed by atoms with van der Waals surface area (Å²) < 4.78 is 0. The van der Waals surface area contributed by atoms with E-state index in [1.165, 1.54) is 0 Å². The summed E-state index contributed by atoms with van der Waals surface area (Å²) in [6.07, 6.45) is 8.52. The van der Waals surface area contributed by atoms with E-state index in [0.717, 1.165) is 16.7 Å². The zero-order chi connectivity index (χ0) is 21.4. The van der Waals surface area contributed by atoms with Gasteiger partial charge in [-0.25, -0.2) is 15.0 Å². The minimum Gasteiger partial charge on any atom is -0.336 e. The highest BCUT2D eigenvalue weighted by atomic mass is 15.2. The van der Waals surface area contributed by atoms with E-state index in [-0.39, 0.29) is 0 Å². The number of fused-ring (bicyclic) bond motifs is 2. The molecule has 152 valence electrons. The predicted molar refractivity (Wildman–Crippen MR) is 120 cm³/mol. The van der Waals surface area contributed by atoms with Gasteiger partial charge in [0.1, 0.15) is 16.7 Å². The lowest BCUT2D eigenvalue weighted by Crippen LogP contribution is -2.11. The second-order valence-electron chi connectivity index (χ2n) is 6.91. The van der Waals surface area contributed by atoms with Gasteiger partial charge in [0.15, 0.2) is 17.3 Å². The summed E-state index contributed by atoms with van der Waals surface area (Å²) in [5.41, 5.74) is 5.83. The van der Waals surface area contributed by atoms with Crippen LogP contribution in [0.5, 0.6) is 0 Å². The predicted octanol–water partition coefficient (Wildman–Crippen LogP) is 3.35. The summed E-state index contributed by atoms with van der Waals surface area (Å²) in [4.78, 5) is 31.6. The van der Waals surface area contributed by atoms with Crippen LogP contribution in [-0.4, -0.2) is 53.9 Å². The molecule has 0 bridgehead atoms. The Hall–Kier alpha value is -4.47. The van der Waals surface area contributed by atoms with Crippen LogP contribution in [0.3, 0.4) is 0 Å². The van der Waals surface area contributed by atoms with E-state index in [4.69, 9.17) is 9.97 Å². The van der Waals surface area contributed by atoms with Gasteiger partial charge < -0.3 is 9.88 Å². The number of allylic oxidation sites excluding steroid dienone is 1. The highest BCUT2D eigenvalue weighted by Crippen LogP contribution is 2.29. The lowest BCUT2D eigenvalue weighted by molar-refractivity contribution is 1.10. The third-order valence-electron chi connectivity index (χ3n) is 4.80. The van der Waals surface area contributed by atoms with Crippen molar-refractivity contribution in [2.45, 2.75) is 6.92 Å². The van der Waals surface area contributed by atoms with E-state index in [1.807, 2.05) is 43.3 Å². The maximum absolute atomic E-state index is 4.78. The van der Waals surface area contributed by atoms with E-state index in [0.29, 0.717) is 39.8 Å². The Balaban J connectivity index is 1.63. The minimum atomic E-state index is 0.593. The number of aromatic nitrogens is 8. The summed E-state index contributed by atoms with van der Waals surface area (Å²) in [6.45, 7) is 5.42. The highest BCUT2D eigenvalue weighted by molar-refractivity contribution is 5.93. The van der Waals surface area contributed by atoms with Crippen LogP contribution >= 0.6 is 0 Å². The normalized spacial score (nSPS) is 11.9. The summed E-state index contributed by atoms with van der Waals surface area (Å²) in [5.74, 6) is 1.28. The molecule has 5 aromatic heterocycles. The average Bonchev–Trinajstić information content (AvgIpc) is 3.42. The smallest absolute Gasteiger partial charge is 0.161 e. The molecule has 0 aromatic carbocycles. The zero-order valence-electron chi connectivity index (χ0n) is 16.9. The Morgan fingerprint density at radius 1 is 1.03 bits per heavy atom. The first kappa shape index (κ1) is 18.6. The van der Waals surface area contributed by atoms with Gasteiger partial charge in [-0.1, -0.05) is 0 Å². The number of nitrogens with zero attached hydrogens (tertiary/aromatic N) is 8. The molecule has 0 aliphatic rings. The minimum absolute atomic E-state index is 0.593. The number of hydrogen-bond acceptors (Lipinski definition) is 8. The van der Waals surface area contributed by atoms with Crippen LogP contribution in [0.25, 0.3) is 45.0 Å². The van der Waals surface area contributed by atoms with E-state index >= 15 is 0 Å². The van der Waals surface area contributed by atoms with Crippen LogP contribution in [0.2, 0.25) is 0 Å². The first-order chi connectivity index (χ1) is 15.1. The van der Waals surface area contributed by atoms with Crippen molar-refractivity contribution >= 4 is 34.6 Å². The third kappa shape index (κ3) is 3.29. The molecule has 0 saturated heterocycles. The number of H-pyrrole nitrogens is 2. The lowest BCUT2D eigenvalue weighted by atomic mass is 10.2. The van der Waals surface area contributed by atoms with Gasteiger partial charge in [-0.3, -0.25) is 20.1 Å². The maximum atomic E-state index is 4.78. The Morgan fingerprint density at radius 2 is 1.94 bits per heavy atom. The standard InChI is InChI=1S/C21H18N10/c1-12(22-2)11-31(3)21-18-14(6-7-25-21)27-20(28-18)19-17-15(29-30-19)5-4-13(26-17)16-10-23-8-9-24-16/h4-11H,2H2,1,3H3,(H,27,28)(H,29,30)/b12-11-. The molecular formula is C21H18N10. The number of nitrogens with one attached hydrogen (secondary N) is 2. The number of rotatable bonds is 5. The van der Waals surface area contributed by atoms with Crippen molar-refractivity contribution in [3.63, 3.8) is 0 Å². The molecule has 5 rings (SSSR count). The molecule has 0 aliphatic carbocycles. The Morgan fingerprint density at radius 3 is 2.74 bits per heavy atom. The van der Waals surface area contributed by atoms with Gasteiger partial charge in [0, 0.05) is 31.8 Å². The van der Waals surface area contributed by atoms with Crippen molar-refractivity contribution in [1.29, 1.82) is 0 Å². The third-order valence-corrected chi connectivity index (χ3v) is 4.80. The van der Waals surface area contributed by atoms with Gasteiger partial charge in [0.25, 0.3) is 0 Å². The number of anilines is 1. The number of hydrogen-bond donors (Lipinski definition) is 2. The van der Waals surface area contributed by atoms with Crippen LogP contribution in [0.1, 0.15) is 6.92 Å². The molecule has 10 heteroatoms. The molecule has 10 nitrogen and oxygen atoms in total. The summed E-state index contributed by atoms with van der Waals surface area (Å²) in [7, 11) is 1.89. The molecule has 0 amide bonds. The fourth-order valence-electron chi connectivity index (χ4n) is 3.31. The van der Waals surface area contributed by atoms with Gasteiger partial charge in [-0.05, 0) is 31.8 Å². The molecule has 0 spiro atoms. The largest absolute Gasteiger partial charge is 0.336 e. The van der Waals surface area contributed by atoms with Crippen molar-refractivity contribution in [2.75, 3.05) is 11.9 Å². The fourth-order valence-corrected chi connectivity index (χ4v) is 3.31. The van der Waals surface area contributed by atoms with Crippen molar-refractivity contribution in [2.24, 2.45) is 4.99 Å². The molecule has 31 heavy (non-hydrogen) atoms. The van der Waals surface area contributed by atoms with Crippen LogP contribution in [0.15, 0.2) is 59.9 Å². The van der Waals surface area contributed by atoms with Crippen molar-refractivity contribution in [1.82, 2.24) is 40.1 Å². The topological polar surface area (TPSA) is 125 Å². The highest BCUT2D eigenvalue weighted by Gasteiger charge is 2.18. The Labute approximate surface area is 176 Å². The molecule has 0 atom stereocenters. The second-order valence-corrected chi connectivity index (χ2v) is 6.91. The average molecular weight is 410 g/mol. The zero-order valence-corrected chi connectivity index (χ0v) is 16.9. The van der Waals surface area contributed by atoms with E-state index in [9.17, 15) is 0 Å². The second kappa shape index (κ2) is 7.41. The molecule has 0 radical (unpaired) electrons. The first-order valence-corrected chi connectivity index (χ1v) is 9.48. The van der Waals surface area contributed by atoms with Crippen molar-refractivity contribution < 1.29 is 0 Å². The summed E-state index contributed by atoms with van der Waals surface area (Å²) >= 11 is 0. The number of imidazole rings is 1. The summed E-state index contributed by atoms with van der Waals surface area (Å²) in [5, 5.41) is 7.46. The fraction of sp³-hybridized carbons (Fsp3) is 0.0952. The van der Waals surface area contributed by atoms with Crippen LogP contribution in [-0.2, 0) is 0 Å². The van der Waals surface area contributed by atoms with Crippen molar-refractivity contribution in [3.8, 4) is 22.9 Å². The Bertz CT molecular complexity index is 1430.